The van der Waals surface area contributed by atoms with Crippen LogP contribution >= 0.6 is 0 Å². The Kier molecular flexibility index (Phi) is 5.21. The van der Waals surface area contributed by atoms with Gasteiger partial charge in [-0.05, 0) is 57.0 Å². The number of fused-ring (bicyclic) bond motifs is 1. The van der Waals surface area contributed by atoms with Gasteiger partial charge in [0.05, 0.1) is 6.33 Å². The first-order valence-corrected chi connectivity index (χ1v) is 12.3. The molecule has 3 fully saturated rings. The van der Waals surface area contributed by atoms with Gasteiger partial charge in [0.25, 0.3) is 0 Å². The lowest BCUT2D eigenvalue weighted by Gasteiger charge is -2.34. The van der Waals surface area contributed by atoms with Crippen molar-refractivity contribution in [2.75, 3.05) is 43.4 Å². The highest BCUT2D eigenvalue weighted by Gasteiger charge is 2.26. The predicted molar refractivity (Wildman–Crippen MR) is 129 cm³/mol. The Bertz CT molecular complexity index is 1070. The molecule has 1 N–H and O–H groups in total. The molecule has 32 heavy (non-hydrogen) atoms. The average Bonchev–Trinajstić information content (AvgIpc) is 3.55. The minimum atomic E-state index is 0.505. The molecule has 6 rings (SSSR count). The van der Waals surface area contributed by atoms with Gasteiger partial charge in [-0.1, -0.05) is 19.3 Å². The smallest absolute Gasteiger partial charge is 0.166 e. The van der Waals surface area contributed by atoms with Gasteiger partial charge >= 0.3 is 0 Å². The molecule has 7 heteroatoms. The van der Waals surface area contributed by atoms with Gasteiger partial charge in [0, 0.05) is 49.5 Å². The number of rotatable bonds is 5. The van der Waals surface area contributed by atoms with Crippen LogP contribution in [-0.2, 0) is 0 Å². The standard InChI is InChI=1S/C25H33N7/c1-30-13-15-31(16-14-30)20-11-7-18(8-12-20)23-28-24(27-19-9-10-19)22-25(29-23)32(17-26-22)21-5-3-2-4-6-21/h7-8,11-12,17,19,21H,2-6,9-10,13-16H2,1H3,(H,27,28,29). The third-order valence-corrected chi connectivity index (χ3v) is 7.30. The number of imidazole rings is 1. The molecule has 3 aliphatic rings. The molecule has 1 aliphatic heterocycles. The molecule has 2 aromatic heterocycles. The second-order valence-corrected chi connectivity index (χ2v) is 9.77. The molecule has 1 saturated heterocycles. The molecule has 3 aromatic rings. The van der Waals surface area contributed by atoms with Crippen LogP contribution in [0.4, 0.5) is 11.5 Å². The normalized spacial score (nSPS) is 20.7. The quantitative estimate of drug-likeness (QED) is 0.649. The number of aromatic nitrogens is 4. The number of anilines is 2. The van der Waals surface area contributed by atoms with Crippen LogP contribution in [0, 0.1) is 0 Å². The lowest BCUT2D eigenvalue weighted by molar-refractivity contribution is 0.313. The Morgan fingerprint density at radius 2 is 1.62 bits per heavy atom. The van der Waals surface area contributed by atoms with Crippen molar-refractivity contribution in [2.24, 2.45) is 0 Å². The largest absolute Gasteiger partial charge is 0.369 e. The van der Waals surface area contributed by atoms with E-state index < -0.39 is 0 Å². The zero-order valence-electron chi connectivity index (χ0n) is 19.0. The SMILES string of the molecule is CN1CCN(c2ccc(-c3nc(NC4CC4)c4ncn(C5CCCCC5)c4n3)cc2)CC1. The van der Waals surface area contributed by atoms with Crippen LogP contribution < -0.4 is 10.2 Å². The van der Waals surface area contributed by atoms with Crippen LogP contribution in [0.5, 0.6) is 0 Å². The molecule has 2 aliphatic carbocycles. The van der Waals surface area contributed by atoms with Crippen LogP contribution in [0.1, 0.15) is 51.0 Å². The second kappa shape index (κ2) is 8.35. The van der Waals surface area contributed by atoms with Gasteiger partial charge in [0.15, 0.2) is 17.3 Å². The zero-order chi connectivity index (χ0) is 21.5. The van der Waals surface area contributed by atoms with Crippen LogP contribution in [0.15, 0.2) is 30.6 Å². The summed E-state index contributed by atoms with van der Waals surface area (Å²) in [5, 5.41) is 3.61. The molecule has 0 spiro atoms. The molecule has 1 aromatic carbocycles. The van der Waals surface area contributed by atoms with Crippen LogP contribution in [0.3, 0.4) is 0 Å². The minimum absolute atomic E-state index is 0.505. The molecule has 3 heterocycles. The fourth-order valence-corrected chi connectivity index (χ4v) is 5.08. The lowest BCUT2D eigenvalue weighted by atomic mass is 9.95. The number of nitrogens with zero attached hydrogens (tertiary/aromatic N) is 6. The number of piperazine rings is 1. The Hall–Kier alpha value is -2.67. The van der Waals surface area contributed by atoms with E-state index in [1.165, 1.54) is 50.6 Å². The van der Waals surface area contributed by atoms with Gasteiger partial charge < -0.3 is 19.7 Å². The molecule has 2 saturated carbocycles. The van der Waals surface area contributed by atoms with Crippen molar-refractivity contribution in [3.63, 3.8) is 0 Å². The minimum Gasteiger partial charge on any atom is -0.369 e. The number of likely N-dealkylation sites (N-methyl/N-ethyl adjacent to an activating group) is 1. The van der Waals surface area contributed by atoms with Crippen molar-refractivity contribution >= 4 is 22.7 Å². The summed E-state index contributed by atoms with van der Waals surface area (Å²) in [6.07, 6.45) is 10.8. The van der Waals surface area contributed by atoms with E-state index in [2.05, 4.69) is 51.0 Å². The maximum Gasteiger partial charge on any atom is 0.166 e. The Morgan fingerprint density at radius 3 is 2.34 bits per heavy atom. The zero-order valence-corrected chi connectivity index (χ0v) is 19.0. The molecular formula is C25H33N7. The van der Waals surface area contributed by atoms with Gasteiger partial charge in [-0.25, -0.2) is 15.0 Å². The summed E-state index contributed by atoms with van der Waals surface area (Å²) in [7, 11) is 2.19. The third kappa shape index (κ3) is 3.94. The number of hydrogen-bond acceptors (Lipinski definition) is 6. The van der Waals surface area contributed by atoms with Gasteiger partial charge in [-0.15, -0.1) is 0 Å². The third-order valence-electron chi connectivity index (χ3n) is 7.30. The molecule has 0 radical (unpaired) electrons. The maximum absolute atomic E-state index is 5.05. The molecule has 0 amide bonds. The number of hydrogen-bond donors (Lipinski definition) is 1. The first-order chi connectivity index (χ1) is 15.7. The first kappa shape index (κ1) is 20.0. The summed E-state index contributed by atoms with van der Waals surface area (Å²) in [5.74, 6) is 1.69. The molecular weight excluding hydrogens is 398 g/mol. The van der Waals surface area contributed by atoms with Crippen molar-refractivity contribution < 1.29 is 0 Å². The topological polar surface area (TPSA) is 62.1 Å². The maximum atomic E-state index is 5.05. The van der Waals surface area contributed by atoms with Crippen molar-refractivity contribution in [2.45, 2.75) is 57.0 Å². The van der Waals surface area contributed by atoms with Gasteiger partial charge in [0.1, 0.15) is 5.52 Å². The molecule has 7 nitrogen and oxygen atoms in total. The van der Waals surface area contributed by atoms with Gasteiger partial charge in [-0.2, -0.15) is 0 Å². The monoisotopic (exact) mass is 431 g/mol. The van der Waals surface area contributed by atoms with Crippen molar-refractivity contribution in [3.8, 4) is 11.4 Å². The fourth-order valence-electron chi connectivity index (χ4n) is 5.08. The summed E-state index contributed by atoms with van der Waals surface area (Å²) >= 11 is 0. The van der Waals surface area contributed by atoms with E-state index in [0.717, 1.165) is 54.5 Å². The highest BCUT2D eigenvalue weighted by atomic mass is 15.2. The first-order valence-electron chi connectivity index (χ1n) is 12.3. The Morgan fingerprint density at radius 1 is 0.875 bits per heavy atom. The molecule has 168 valence electrons. The predicted octanol–water partition coefficient (Wildman–Crippen LogP) is 4.32. The van der Waals surface area contributed by atoms with Gasteiger partial charge in [0.2, 0.25) is 0 Å². The van der Waals surface area contributed by atoms with Crippen LogP contribution in [-0.4, -0.2) is 63.7 Å². The summed E-state index contributed by atoms with van der Waals surface area (Å²) in [6, 6.07) is 9.83. The number of benzene rings is 1. The van der Waals surface area contributed by atoms with E-state index in [0.29, 0.717) is 12.1 Å². The molecule has 0 atom stereocenters. The van der Waals surface area contributed by atoms with Crippen molar-refractivity contribution in [3.05, 3.63) is 30.6 Å². The Balaban J connectivity index is 1.34. The van der Waals surface area contributed by atoms with Crippen molar-refractivity contribution in [1.82, 2.24) is 24.4 Å². The fraction of sp³-hybridized carbons (Fsp3) is 0.560. The van der Waals surface area contributed by atoms with Crippen LogP contribution in [0.2, 0.25) is 0 Å². The average molecular weight is 432 g/mol. The molecule has 0 bridgehead atoms. The summed E-state index contributed by atoms with van der Waals surface area (Å²) in [4.78, 5) is 19.6. The van der Waals surface area contributed by atoms with E-state index in [-0.39, 0.29) is 0 Å². The lowest BCUT2D eigenvalue weighted by Crippen LogP contribution is -2.44. The van der Waals surface area contributed by atoms with E-state index in [1.807, 2.05) is 6.33 Å². The molecule has 0 unspecified atom stereocenters. The number of nitrogens with one attached hydrogen (secondary N) is 1. The summed E-state index contributed by atoms with van der Waals surface area (Å²) in [6.45, 7) is 4.38. The second-order valence-electron chi connectivity index (χ2n) is 9.77. The summed E-state index contributed by atoms with van der Waals surface area (Å²) in [5.41, 5.74) is 4.25. The van der Waals surface area contributed by atoms with Gasteiger partial charge in [-0.3, -0.25) is 0 Å². The summed E-state index contributed by atoms with van der Waals surface area (Å²) < 4.78 is 2.32. The van der Waals surface area contributed by atoms with E-state index in [9.17, 15) is 0 Å². The van der Waals surface area contributed by atoms with Crippen LogP contribution in [0.25, 0.3) is 22.6 Å². The highest BCUT2D eigenvalue weighted by Crippen LogP contribution is 2.34. The van der Waals surface area contributed by atoms with E-state index in [1.54, 1.807) is 0 Å². The Labute approximate surface area is 189 Å². The highest BCUT2D eigenvalue weighted by molar-refractivity contribution is 5.85. The van der Waals surface area contributed by atoms with Crippen molar-refractivity contribution in [1.29, 1.82) is 0 Å². The van der Waals surface area contributed by atoms with E-state index in [4.69, 9.17) is 15.0 Å². The van der Waals surface area contributed by atoms with E-state index >= 15 is 0 Å².